The molecule has 0 spiro atoms. The van der Waals surface area contributed by atoms with Crippen LogP contribution in [0.4, 0.5) is 0 Å². The smallest absolute Gasteiger partial charge is 0.0701 e. The summed E-state index contributed by atoms with van der Waals surface area (Å²) in [6, 6.07) is 2.21. The molecule has 1 fully saturated rings. The lowest BCUT2D eigenvalue weighted by atomic mass is 10.1. The number of thiophene rings is 1. The van der Waals surface area contributed by atoms with Crippen molar-refractivity contribution in [1.82, 2.24) is 5.32 Å². The molecule has 0 atom stereocenters. The minimum atomic E-state index is 0.521. The second-order valence-electron chi connectivity index (χ2n) is 4.46. The molecule has 1 saturated carbocycles. The van der Waals surface area contributed by atoms with Gasteiger partial charge < -0.3 is 5.32 Å². The number of hydrogen-bond acceptors (Lipinski definition) is 3. The normalized spacial score (nSPS) is 19.1. The lowest BCUT2D eigenvalue weighted by molar-refractivity contribution is 0.534. The van der Waals surface area contributed by atoms with Crippen molar-refractivity contribution >= 4 is 39.0 Å². The Kier molecular flexibility index (Phi) is 4.76. The number of halogens is 1. The Morgan fingerprint density at radius 1 is 1.50 bits per heavy atom. The summed E-state index contributed by atoms with van der Waals surface area (Å²) in [7, 11) is 0. The highest BCUT2D eigenvalue weighted by molar-refractivity contribution is 9.11. The predicted molar refractivity (Wildman–Crippen MR) is 78.4 cm³/mol. The van der Waals surface area contributed by atoms with Gasteiger partial charge in [0.05, 0.1) is 3.79 Å². The fourth-order valence-electron chi connectivity index (χ4n) is 2.35. The predicted octanol–water partition coefficient (Wildman–Crippen LogP) is 4.28. The van der Waals surface area contributed by atoms with Gasteiger partial charge >= 0.3 is 0 Å². The SMILES string of the molecule is CSC1(CNCc2csc(Br)c2)CCCC1. The van der Waals surface area contributed by atoms with Crippen LogP contribution in [-0.2, 0) is 6.54 Å². The van der Waals surface area contributed by atoms with Crippen molar-refractivity contribution < 1.29 is 0 Å². The van der Waals surface area contributed by atoms with E-state index < -0.39 is 0 Å². The second-order valence-corrected chi connectivity index (χ2v) is 8.02. The zero-order valence-corrected chi connectivity index (χ0v) is 12.8. The van der Waals surface area contributed by atoms with Gasteiger partial charge in [0.1, 0.15) is 0 Å². The zero-order valence-electron chi connectivity index (χ0n) is 9.59. The molecule has 0 aliphatic heterocycles. The molecule has 1 aliphatic carbocycles. The number of thioether (sulfide) groups is 1. The van der Waals surface area contributed by atoms with E-state index in [1.165, 1.54) is 35.0 Å². The highest BCUT2D eigenvalue weighted by Gasteiger charge is 2.32. The molecule has 90 valence electrons. The van der Waals surface area contributed by atoms with Crippen LogP contribution in [0.15, 0.2) is 15.2 Å². The van der Waals surface area contributed by atoms with Gasteiger partial charge in [-0.25, -0.2) is 0 Å². The maximum Gasteiger partial charge on any atom is 0.0701 e. The van der Waals surface area contributed by atoms with Crippen molar-refractivity contribution in [2.75, 3.05) is 12.8 Å². The molecule has 0 bridgehead atoms. The summed E-state index contributed by atoms with van der Waals surface area (Å²) in [5, 5.41) is 5.83. The summed E-state index contributed by atoms with van der Waals surface area (Å²) in [4.78, 5) is 0. The van der Waals surface area contributed by atoms with Crippen LogP contribution < -0.4 is 5.32 Å². The maximum atomic E-state index is 3.61. The second kappa shape index (κ2) is 5.89. The van der Waals surface area contributed by atoms with E-state index in [9.17, 15) is 0 Å². The van der Waals surface area contributed by atoms with E-state index in [1.54, 1.807) is 11.3 Å². The number of rotatable bonds is 5. The Hall–Kier alpha value is 0.490. The first-order valence-electron chi connectivity index (χ1n) is 5.73. The van der Waals surface area contributed by atoms with Crippen molar-refractivity contribution in [3.8, 4) is 0 Å². The molecule has 0 amide bonds. The Balaban J connectivity index is 1.78. The van der Waals surface area contributed by atoms with Gasteiger partial charge in [-0.1, -0.05) is 12.8 Å². The minimum absolute atomic E-state index is 0.521. The first-order valence-corrected chi connectivity index (χ1v) is 8.63. The van der Waals surface area contributed by atoms with Gasteiger partial charge in [0, 0.05) is 17.8 Å². The molecule has 1 heterocycles. The number of hydrogen-bond donors (Lipinski definition) is 1. The molecule has 1 nitrogen and oxygen atoms in total. The minimum Gasteiger partial charge on any atom is -0.311 e. The molecule has 0 saturated heterocycles. The molecule has 1 N–H and O–H groups in total. The van der Waals surface area contributed by atoms with Crippen molar-refractivity contribution in [1.29, 1.82) is 0 Å². The summed E-state index contributed by atoms with van der Waals surface area (Å²) in [5.74, 6) is 0. The third-order valence-corrected chi connectivity index (χ3v) is 6.32. The quantitative estimate of drug-likeness (QED) is 0.869. The standard InChI is InChI=1S/C12H18BrNS2/c1-15-12(4-2-3-5-12)9-14-7-10-6-11(13)16-8-10/h6,8,14H,2-5,7,9H2,1H3. The Morgan fingerprint density at radius 2 is 2.25 bits per heavy atom. The first-order chi connectivity index (χ1) is 7.74. The van der Waals surface area contributed by atoms with Crippen molar-refractivity contribution in [2.45, 2.75) is 37.0 Å². The van der Waals surface area contributed by atoms with E-state index >= 15 is 0 Å². The molecule has 1 aliphatic rings. The van der Waals surface area contributed by atoms with Crippen LogP contribution in [0.5, 0.6) is 0 Å². The van der Waals surface area contributed by atoms with Gasteiger partial charge in [0.25, 0.3) is 0 Å². The average molecular weight is 320 g/mol. The van der Waals surface area contributed by atoms with Gasteiger partial charge in [-0.05, 0) is 52.0 Å². The first kappa shape index (κ1) is 12.9. The van der Waals surface area contributed by atoms with Crippen molar-refractivity contribution in [3.05, 3.63) is 20.8 Å². The van der Waals surface area contributed by atoms with Gasteiger partial charge in [-0.15, -0.1) is 11.3 Å². The van der Waals surface area contributed by atoms with E-state index in [0.29, 0.717) is 4.75 Å². The van der Waals surface area contributed by atoms with E-state index in [1.807, 2.05) is 0 Å². The third-order valence-electron chi connectivity index (χ3n) is 3.35. The van der Waals surface area contributed by atoms with E-state index in [-0.39, 0.29) is 0 Å². The lowest BCUT2D eigenvalue weighted by Crippen LogP contribution is -2.34. The maximum absolute atomic E-state index is 3.61. The van der Waals surface area contributed by atoms with Crippen LogP contribution in [0.2, 0.25) is 0 Å². The Bertz CT molecular complexity index is 332. The molecule has 0 unspecified atom stereocenters. The molecular formula is C12H18BrNS2. The van der Waals surface area contributed by atoms with Crippen LogP contribution in [0.3, 0.4) is 0 Å². The Morgan fingerprint density at radius 3 is 2.81 bits per heavy atom. The Labute approximate surface area is 115 Å². The fourth-order valence-corrected chi connectivity index (χ4v) is 4.50. The van der Waals surface area contributed by atoms with Crippen molar-refractivity contribution in [3.63, 3.8) is 0 Å². The van der Waals surface area contributed by atoms with Gasteiger partial charge in [-0.2, -0.15) is 11.8 Å². The fraction of sp³-hybridized carbons (Fsp3) is 0.667. The summed E-state index contributed by atoms with van der Waals surface area (Å²) >= 11 is 7.32. The highest BCUT2D eigenvalue weighted by Crippen LogP contribution is 2.39. The largest absolute Gasteiger partial charge is 0.311 e. The molecule has 1 aromatic rings. The molecule has 1 aromatic heterocycles. The van der Waals surface area contributed by atoms with Gasteiger partial charge in [0.15, 0.2) is 0 Å². The van der Waals surface area contributed by atoms with Gasteiger partial charge in [-0.3, -0.25) is 0 Å². The van der Waals surface area contributed by atoms with E-state index in [2.05, 4.69) is 50.7 Å². The molecule has 16 heavy (non-hydrogen) atoms. The molecule has 0 radical (unpaired) electrons. The van der Waals surface area contributed by atoms with Crippen LogP contribution in [0.25, 0.3) is 0 Å². The lowest BCUT2D eigenvalue weighted by Gasteiger charge is -2.27. The van der Waals surface area contributed by atoms with E-state index in [4.69, 9.17) is 0 Å². The zero-order chi connectivity index (χ0) is 11.4. The summed E-state index contributed by atoms with van der Waals surface area (Å²) in [6.07, 6.45) is 7.84. The van der Waals surface area contributed by atoms with Crippen LogP contribution in [0, 0.1) is 0 Å². The monoisotopic (exact) mass is 319 g/mol. The number of nitrogens with one attached hydrogen (secondary N) is 1. The van der Waals surface area contributed by atoms with Gasteiger partial charge in [0.2, 0.25) is 0 Å². The average Bonchev–Trinajstić information content (AvgIpc) is 2.89. The summed E-state index contributed by atoms with van der Waals surface area (Å²) in [5.41, 5.74) is 1.39. The summed E-state index contributed by atoms with van der Waals surface area (Å²) in [6.45, 7) is 2.16. The summed E-state index contributed by atoms with van der Waals surface area (Å²) < 4.78 is 1.75. The van der Waals surface area contributed by atoms with Crippen LogP contribution >= 0.6 is 39.0 Å². The molecule has 2 rings (SSSR count). The van der Waals surface area contributed by atoms with Crippen molar-refractivity contribution in [2.24, 2.45) is 0 Å². The van der Waals surface area contributed by atoms with E-state index in [0.717, 1.165) is 13.1 Å². The topological polar surface area (TPSA) is 12.0 Å². The van der Waals surface area contributed by atoms with Crippen LogP contribution in [0.1, 0.15) is 31.2 Å². The third kappa shape index (κ3) is 3.25. The molecule has 4 heteroatoms. The molecule has 0 aromatic carbocycles. The highest BCUT2D eigenvalue weighted by atomic mass is 79.9. The molecular weight excluding hydrogens is 302 g/mol. The van der Waals surface area contributed by atoms with Crippen LogP contribution in [-0.4, -0.2) is 17.5 Å².